The molecule has 1 aliphatic carbocycles. The van der Waals surface area contributed by atoms with E-state index in [1.54, 1.807) is 6.07 Å². The van der Waals surface area contributed by atoms with Crippen molar-refractivity contribution in [2.45, 2.75) is 55.9 Å². The zero-order valence-corrected chi connectivity index (χ0v) is 27.3. The Morgan fingerprint density at radius 3 is 2.62 bits per heavy atom. The van der Waals surface area contributed by atoms with Crippen molar-refractivity contribution in [3.63, 3.8) is 0 Å². The number of aromatic nitrogens is 2. The van der Waals surface area contributed by atoms with Crippen LogP contribution in [0.3, 0.4) is 0 Å². The van der Waals surface area contributed by atoms with E-state index in [2.05, 4.69) is 39.3 Å². The third kappa shape index (κ3) is 7.22. The molecule has 1 spiro atoms. The molecule has 2 N–H and O–H groups in total. The molecule has 2 atom stereocenters. The number of fused-ring (bicyclic) bond motifs is 1. The molecule has 3 aliphatic rings. The van der Waals surface area contributed by atoms with Crippen LogP contribution in [0, 0.1) is 23.2 Å². The van der Waals surface area contributed by atoms with Crippen molar-refractivity contribution in [1.82, 2.24) is 19.8 Å². The first kappa shape index (κ1) is 33.1. The molecule has 6 rings (SSSR count). The second-order valence-electron chi connectivity index (χ2n) is 13.1. The zero-order valence-electron chi connectivity index (χ0n) is 26.5. The normalized spacial score (nSPS) is 21.4. The predicted octanol–water partition coefficient (Wildman–Crippen LogP) is 4.09. The van der Waals surface area contributed by atoms with E-state index in [4.69, 9.17) is 9.47 Å². The number of hydrogen-bond acceptors (Lipinski definition) is 8. The van der Waals surface area contributed by atoms with Crippen LogP contribution in [0.4, 0.5) is 18.9 Å². The van der Waals surface area contributed by atoms with Gasteiger partial charge in [0.1, 0.15) is 17.8 Å². The van der Waals surface area contributed by atoms with Crippen LogP contribution in [0.1, 0.15) is 42.1 Å². The molecule has 2 saturated heterocycles. The van der Waals surface area contributed by atoms with Gasteiger partial charge in [0.2, 0.25) is 0 Å². The van der Waals surface area contributed by atoms with Gasteiger partial charge in [0.05, 0.1) is 54.9 Å². The van der Waals surface area contributed by atoms with Gasteiger partial charge in [-0.3, -0.25) is 9.69 Å². The maximum absolute atomic E-state index is 13.7. The fourth-order valence-electron chi connectivity index (χ4n) is 6.86. The molecule has 10 nitrogen and oxygen atoms in total. The Bertz CT molecular complexity index is 1840. The topological polar surface area (TPSA) is 115 Å². The number of carbonyl (C=O) groups is 1. The summed E-state index contributed by atoms with van der Waals surface area (Å²) in [7, 11) is -2.00. The van der Waals surface area contributed by atoms with Gasteiger partial charge < -0.3 is 24.7 Å². The SMILES string of the molecule is COc1ccc(S(C)(=O)=O)cc1NCC#Cc1cc(C(=O)N[C@H]2CCN(C3CC4(COC4)C3)C[C@@H]2C)c2ncn(CC(F)(F)F)c2c1. The predicted molar refractivity (Wildman–Crippen MR) is 170 cm³/mol. The Kier molecular flexibility index (Phi) is 8.92. The van der Waals surface area contributed by atoms with E-state index in [9.17, 15) is 26.4 Å². The van der Waals surface area contributed by atoms with E-state index in [1.165, 1.54) is 31.4 Å². The Labute approximate surface area is 271 Å². The zero-order chi connectivity index (χ0) is 33.6. The smallest absolute Gasteiger partial charge is 0.406 e. The number of benzene rings is 2. The summed E-state index contributed by atoms with van der Waals surface area (Å²) in [6.07, 6.45) is 0.779. The van der Waals surface area contributed by atoms with Crippen LogP contribution >= 0.6 is 0 Å². The number of amides is 1. The molecule has 47 heavy (non-hydrogen) atoms. The molecule has 1 aromatic heterocycles. The second-order valence-corrected chi connectivity index (χ2v) is 15.1. The largest absolute Gasteiger partial charge is 0.495 e. The van der Waals surface area contributed by atoms with Crippen LogP contribution in [0.2, 0.25) is 0 Å². The van der Waals surface area contributed by atoms with Gasteiger partial charge in [0, 0.05) is 42.4 Å². The number of ether oxygens (including phenoxy) is 2. The summed E-state index contributed by atoms with van der Waals surface area (Å²) >= 11 is 0. The highest BCUT2D eigenvalue weighted by molar-refractivity contribution is 7.90. The highest BCUT2D eigenvalue weighted by Crippen LogP contribution is 2.49. The van der Waals surface area contributed by atoms with E-state index < -0.39 is 28.5 Å². The summed E-state index contributed by atoms with van der Waals surface area (Å²) in [6.45, 7) is 4.35. The number of halogens is 3. The van der Waals surface area contributed by atoms with Crippen molar-refractivity contribution >= 4 is 32.5 Å². The molecule has 2 aliphatic heterocycles. The lowest BCUT2D eigenvalue weighted by molar-refractivity contribution is -0.187. The van der Waals surface area contributed by atoms with Gasteiger partial charge in [-0.2, -0.15) is 13.2 Å². The second kappa shape index (κ2) is 12.7. The molecule has 1 saturated carbocycles. The average molecular weight is 674 g/mol. The number of methoxy groups -OCH3 is 1. The standard InChI is InChI=1S/C33H38F3N5O5S/c1-21-16-40(23-14-32(15-23)18-46-19-32)10-8-26(21)39-31(42)25-11-22(12-28-30(25)38-20-41(28)17-33(34,35)36)5-4-9-37-27-13-24(47(3,43)44)6-7-29(27)45-2/h6-7,11-13,20-21,23,26,37H,8-10,14-19H2,1-3H3,(H,39,42)/t21-,26-/m0/s1. The van der Waals surface area contributed by atoms with Gasteiger partial charge >= 0.3 is 6.18 Å². The number of nitrogens with one attached hydrogen (secondary N) is 2. The van der Waals surface area contributed by atoms with Gasteiger partial charge in [0.15, 0.2) is 9.84 Å². The summed E-state index contributed by atoms with van der Waals surface area (Å²) in [5.74, 6) is 6.05. The van der Waals surface area contributed by atoms with Crippen molar-refractivity contribution < 1.29 is 35.9 Å². The van der Waals surface area contributed by atoms with Gasteiger partial charge in [-0.05, 0) is 55.5 Å². The van der Waals surface area contributed by atoms with Crippen molar-refractivity contribution in [2.75, 3.05) is 51.5 Å². The third-order valence-electron chi connectivity index (χ3n) is 9.44. The summed E-state index contributed by atoms with van der Waals surface area (Å²) in [6, 6.07) is 7.91. The molecule has 14 heteroatoms. The van der Waals surface area contributed by atoms with E-state index in [-0.39, 0.29) is 40.0 Å². The van der Waals surface area contributed by atoms with E-state index >= 15 is 0 Å². The molecule has 0 unspecified atom stereocenters. The molecule has 3 heterocycles. The minimum atomic E-state index is -4.49. The average Bonchev–Trinajstić information content (AvgIpc) is 3.35. The molecule has 3 fully saturated rings. The number of piperidine rings is 1. The lowest BCUT2D eigenvalue weighted by Crippen LogP contribution is -2.62. The first-order chi connectivity index (χ1) is 22.2. The molecule has 0 radical (unpaired) electrons. The van der Waals surface area contributed by atoms with Gasteiger partial charge in [-0.1, -0.05) is 18.8 Å². The number of hydrogen-bond donors (Lipinski definition) is 2. The molecule has 0 bridgehead atoms. The van der Waals surface area contributed by atoms with E-state index in [1.807, 2.05) is 0 Å². The quantitative estimate of drug-likeness (QED) is 0.344. The molecular weight excluding hydrogens is 635 g/mol. The van der Waals surface area contributed by atoms with Gasteiger partial charge in [0.25, 0.3) is 5.91 Å². The van der Waals surface area contributed by atoms with E-state index in [0.717, 1.165) is 62.7 Å². The van der Waals surface area contributed by atoms with E-state index in [0.29, 0.717) is 28.5 Å². The van der Waals surface area contributed by atoms with Crippen LogP contribution < -0.4 is 15.4 Å². The van der Waals surface area contributed by atoms with Crippen molar-refractivity contribution in [1.29, 1.82) is 0 Å². The molecule has 1 amide bonds. The highest BCUT2D eigenvalue weighted by atomic mass is 32.2. The first-order valence-corrected chi connectivity index (χ1v) is 17.4. The fraction of sp³-hybridized carbons (Fsp3) is 0.515. The van der Waals surface area contributed by atoms with Gasteiger partial charge in [-0.15, -0.1) is 0 Å². The first-order valence-electron chi connectivity index (χ1n) is 15.5. The number of carbonyl (C=O) groups excluding carboxylic acids is 1. The van der Waals surface area contributed by atoms with Crippen LogP contribution in [-0.4, -0.2) is 93.2 Å². The summed E-state index contributed by atoms with van der Waals surface area (Å²) < 4.78 is 75.9. The summed E-state index contributed by atoms with van der Waals surface area (Å²) in [4.78, 5) is 20.5. The third-order valence-corrected chi connectivity index (χ3v) is 10.6. The number of sulfone groups is 1. The maximum atomic E-state index is 13.7. The molecule has 252 valence electrons. The maximum Gasteiger partial charge on any atom is 0.406 e. The van der Waals surface area contributed by atoms with Crippen molar-refractivity contribution in [2.24, 2.45) is 11.3 Å². The number of likely N-dealkylation sites (tertiary alicyclic amines) is 1. The van der Waals surface area contributed by atoms with Gasteiger partial charge in [-0.25, -0.2) is 13.4 Å². The lowest BCUT2D eigenvalue weighted by Gasteiger charge is -2.57. The number of alkyl halides is 3. The molecule has 3 aromatic rings. The van der Waals surface area contributed by atoms with Crippen LogP contribution in [0.25, 0.3) is 11.0 Å². The molecule has 2 aromatic carbocycles. The summed E-state index contributed by atoms with van der Waals surface area (Å²) in [5, 5.41) is 6.16. The minimum absolute atomic E-state index is 0.0657. The Morgan fingerprint density at radius 2 is 1.98 bits per heavy atom. The van der Waals surface area contributed by atoms with Crippen molar-refractivity contribution in [3.05, 3.63) is 47.8 Å². The fourth-order valence-corrected chi connectivity index (χ4v) is 7.51. The Morgan fingerprint density at radius 1 is 1.21 bits per heavy atom. The highest BCUT2D eigenvalue weighted by Gasteiger charge is 2.52. The number of nitrogens with zero attached hydrogens (tertiary/aromatic N) is 3. The monoisotopic (exact) mass is 673 g/mol. The van der Waals surface area contributed by atoms with Crippen LogP contribution in [0.5, 0.6) is 5.75 Å². The Balaban J connectivity index is 1.19. The van der Waals surface area contributed by atoms with Crippen molar-refractivity contribution in [3.8, 4) is 17.6 Å². The molecular formula is C33H38F3N5O5S. The van der Waals surface area contributed by atoms with Crippen LogP contribution in [-0.2, 0) is 21.1 Å². The number of imidazole rings is 1. The Hall–Kier alpha value is -3.80. The number of rotatable bonds is 8. The minimum Gasteiger partial charge on any atom is -0.495 e. The lowest BCUT2D eigenvalue weighted by atomic mass is 9.63. The number of anilines is 1. The van der Waals surface area contributed by atoms with Crippen LogP contribution in [0.15, 0.2) is 41.6 Å². The summed E-state index contributed by atoms with van der Waals surface area (Å²) in [5.41, 5.74) is 1.61.